The van der Waals surface area contributed by atoms with Crippen LogP contribution in [-0.2, 0) is 0 Å². The second-order valence-corrected chi connectivity index (χ2v) is 3.74. The molecule has 6 heteroatoms. The summed E-state index contributed by atoms with van der Waals surface area (Å²) in [5, 5.41) is 9.30. The Bertz CT molecular complexity index is 576. The highest BCUT2D eigenvalue weighted by atomic mass is 19.4. The molecule has 100 valence electrons. The lowest BCUT2D eigenvalue weighted by molar-refractivity contribution is -0.275. The Morgan fingerprint density at radius 2 is 1.47 bits per heavy atom. The number of halogens is 4. The zero-order chi connectivity index (χ0) is 14.0. The number of hydrogen-bond donors (Lipinski definition) is 1. The van der Waals surface area contributed by atoms with Crippen molar-refractivity contribution in [2.45, 2.75) is 6.36 Å². The fraction of sp³-hybridized carbons (Fsp3) is 0.0769. The number of hydrogen-bond acceptors (Lipinski definition) is 2. The molecule has 1 N–H and O–H groups in total. The van der Waals surface area contributed by atoms with Gasteiger partial charge in [0, 0.05) is 0 Å². The minimum atomic E-state index is -4.89. The Labute approximate surface area is 105 Å². The van der Waals surface area contributed by atoms with Crippen LogP contribution in [0.25, 0.3) is 11.1 Å². The molecule has 0 spiro atoms. The van der Waals surface area contributed by atoms with Crippen LogP contribution in [0.4, 0.5) is 17.6 Å². The molecule has 2 aromatic rings. The van der Waals surface area contributed by atoms with Gasteiger partial charge in [0.25, 0.3) is 0 Å². The Morgan fingerprint density at radius 1 is 0.895 bits per heavy atom. The van der Waals surface area contributed by atoms with Crippen molar-refractivity contribution in [3.05, 3.63) is 48.3 Å². The van der Waals surface area contributed by atoms with E-state index < -0.39 is 23.7 Å². The molecule has 2 nitrogen and oxygen atoms in total. The molecule has 0 fully saturated rings. The quantitative estimate of drug-likeness (QED) is 0.834. The summed E-state index contributed by atoms with van der Waals surface area (Å²) in [5.74, 6) is -1.77. The van der Waals surface area contributed by atoms with E-state index in [1.807, 2.05) is 0 Å². The lowest BCUT2D eigenvalue weighted by Crippen LogP contribution is -2.17. The molecule has 0 saturated carbocycles. The highest BCUT2D eigenvalue weighted by Crippen LogP contribution is 2.35. The summed E-state index contributed by atoms with van der Waals surface area (Å²) >= 11 is 0. The molecule has 0 aromatic heterocycles. The summed E-state index contributed by atoms with van der Waals surface area (Å²) in [6.45, 7) is 0. The van der Waals surface area contributed by atoms with E-state index in [4.69, 9.17) is 0 Å². The van der Waals surface area contributed by atoms with E-state index in [-0.39, 0.29) is 0 Å². The third-order valence-corrected chi connectivity index (χ3v) is 2.36. The Hall–Kier alpha value is -2.24. The Balaban J connectivity index is 2.38. The van der Waals surface area contributed by atoms with Crippen molar-refractivity contribution in [2.75, 3.05) is 0 Å². The topological polar surface area (TPSA) is 29.5 Å². The maximum Gasteiger partial charge on any atom is 0.573 e. The lowest BCUT2D eigenvalue weighted by Gasteiger charge is -2.11. The molecule has 19 heavy (non-hydrogen) atoms. The molecule has 0 atom stereocenters. The highest BCUT2D eigenvalue weighted by molar-refractivity contribution is 5.66. The van der Waals surface area contributed by atoms with Gasteiger partial charge in [-0.05, 0) is 35.4 Å². The molecule has 0 bridgehead atoms. The number of benzene rings is 2. The number of phenols is 1. The molecule has 0 radical (unpaired) electrons. The summed E-state index contributed by atoms with van der Waals surface area (Å²) in [7, 11) is 0. The van der Waals surface area contributed by atoms with Gasteiger partial charge in [0.15, 0.2) is 11.5 Å². The number of phenolic OH excluding ortho intramolecular Hbond substituents is 1. The first-order chi connectivity index (χ1) is 8.85. The van der Waals surface area contributed by atoms with Crippen molar-refractivity contribution in [2.24, 2.45) is 0 Å². The number of ether oxygens (including phenoxy) is 1. The minimum absolute atomic E-state index is 0.372. The average Bonchev–Trinajstić information content (AvgIpc) is 2.31. The first-order valence-electron chi connectivity index (χ1n) is 5.20. The van der Waals surface area contributed by atoms with Crippen molar-refractivity contribution < 1.29 is 27.4 Å². The van der Waals surface area contributed by atoms with Crippen LogP contribution in [0.15, 0.2) is 42.5 Å². The summed E-state index contributed by atoms with van der Waals surface area (Å²) in [6.07, 6.45) is -4.89. The van der Waals surface area contributed by atoms with E-state index in [9.17, 15) is 22.7 Å². The van der Waals surface area contributed by atoms with Crippen LogP contribution in [0.3, 0.4) is 0 Å². The van der Waals surface area contributed by atoms with E-state index in [0.29, 0.717) is 11.1 Å². The minimum Gasteiger partial charge on any atom is -0.504 e. The van der Waals surface area contributed by atoms with Gasteiger partial charge in [-0.3, -0.25) is 0 Å². The smallest absolute Gasteiger partial charge is 0.504 e. The van der Waals surface area contributed by atoms with E-state index >= 15 is 0 Å². The number of alkyl halides is 3. The fourth-order valence-electron chi connectivity index (χ4n) is 1.54. The standard InChI is InChI=1S/C13H8F4O2/c14-10-4-1-8(2-5-10)9-3-6-11(18)12(7-9)19-13(15,16)17/h1-7,18H. The van der Waals surface area contributed by atoms with Gasteiger partial charge in [-0.1, -0.05) is 18.2 Å². The van der Waals surface area contributed by atoms with Crippen LogP contribution in [-0.4, -0.2) is 11.5 Å². The van der Waals surface area contributed by atoms with Crippen LogP contribution >= 0.6 is 0 Å². The fourth-order valence-corrected chi connectivity index (χ4v) is 1.54. The van der Waals surface area contributed by atoms with Crippen LogP contribution in [0.2, 0.25) is 0 Å². The van der Waals surface area contributed by atoms with Gasteiger partial charge in [-0.25, -0.2) is 4.39 Å². The van der Waals surface area contributed by atoms with E-state index in [1.165, 1.54) is 30.3 Å². The van der Waals surface area contributed by atoms with Gasteiger partial charge in [0.2, 0.25) is 0 Å². The zero-order valence-corrected chi connectivity index (χ0v) is 9.41. The molecular weight excluding hydrogens is 264 g/mol. The van der Waals surface area contributed by atoms with E-state index in [0.717, 1.165) is 12.1 Å². The van der Waals surface area contributed by atoms with Crippen molar-refractivity contribution >= 4 is 0 Å². The van der Waals surface area contributed by atoms with Crippen molar-refractivity contribution in [3.63, 3.8) is 0 Å². The van der Waals surface area contributed by atoms with Gasteiger partial charge in [0.05, 0.1) is 0 Å². The highest BCUT2D eigenvalue weighted by Gasteiger charge is 2.32. The second-order valence-electron chi connectivity index (χ2n) is 3.74. The SMILES string of the molecule is Oc1ccc(-c2ccc(F)cc2)cc1OC(F)(F)F. The maximum atomic E-state index is 12.8. The number of rotatable bonds is 2. The Morgan fingerprint density at radius 3 is 2.05 bits per heavy atom. The first-order valence-corrected chi connectivity index (χ1v) is 5.20. The largest absolute Gasteiger partial charge is 0.573 e. The van der Waals surface area contributed by atoms with E-state index in [1.54, 1.807) is 0 Å². The van der Waals surface area contributed by atoms with Crippen molar-refractivity contribution in [1.29, 1.82) is 0 Å². The molecule has 0 aliphatic heterocycles. The predicted octanol–water partition coefficient (Wildman–Crippen LogP) is 4.10. The molecule has 0 aliphatic rings. The van der Waals surface area contributed by atoms with Crippen molar-refractivity contribution in [1.82, 2.24) is 0 Å². The van der Waals surface area contributed by atoms with Gasteiger partial charge in [-0.15, -0.1) is 13.2 Å². The molecule has 0 saturated heterocycles. The van der Waals surface area contributed by atoms with Gasteiger partial charge >= 0.3 is 6.36 Å². The van der Waals surface area contributed by atoms with Gasteiger partial charge < -0.3 is 9.84 Å². The zero-order valence-electron chi connectivity index (χ0n) is 9.41. The molecule has 2 aromatic carbocycles. The third-order valence-electron chi connectivity index (χ3n) is 2.36. The second kappa shape index (κ2) is 4.79. The van der Waals surface area contributed by atoms with Crippen LogP contribution in [0, 0.1) is 5.82 Å². The summed E-state index contributed by atoms with van der Waals surface area (Å²) in [6, 6.07) is 8.73. The van der Waals surface area contributed by atoms with Crippen LogP contribution in [0.1, 0.15) is 0 Å². The van der Waals surface area contributed by atoms with Gasteiger partial charge in [0.1, 0.15) is 5.82 Å². The molecular formula is C13H8F4O2. The average molecular weight is 272 g/mol. The normalized spacial score (nSPS) is 11.4. The molecule has 0 heterocycles. The summed E-state index contributed by atoms with van der Waals surface area (Å²) < 4.78 is 52.8. The summed E-state index contributed by atoms with van der Waals surface area (Å²) in [5.41, 5.74) is 0.880. The Kier molecular flexibility index (Phi) is 3.33. The van der Waals surface area contributed by atoms with Crippen LogP contribution < -0.4 is 4.74 Å². The van der Waals surface area contributed by atoms with Crippen LogP contribution in [0.5, 0.6) is 11.5 Å². The van der Waals surface area contributed by atoms with Crippen molar-refractivity contribution in [3.8, 4) is 22.6 Å². The predicted molar refractivity (Wildman–Crippen MR) is 60.2 cm³/mol. The monoisotopic (exact) mass is 272 g/mol. The first kappa shape index (κ1) is 13.2. The molecule has 0 amide bonds. The molecule has 0 unspecified atom stereocenters. The third kappa shape index (κ3) is 3.37. The maximum absolute atomic E-state index is 12.8. The van der Waals surface area contributed by atoms with E-state index in [2.05, 4.69) is 4.74 Å². The number of aromatic hydroxyl groups is 1. The van der Waals surface area contributed by atoms with Gasteiger partial charge in [-0.2, -0.15) is 0 Å². The summed E-state index contributed by atoms with van der Waals surface area (Å²) in [4.78, 5) is 0. The molecule has 2 rings (SSSR count). The lowest BCUT2D eigenvalue weighted by atomic mass is 10.1. The molecule has 0 aliphatic carbocycles.